The molecule has 16 heavy (non-hydrogen) atoms. The summed E-state index contributed by atoms with van der Waals surface area (Å²) >= 11 is 3.55. The molecule has 0 saturated carbocycles. The summed E-state index contributed by atoms with van der Waals surface area (Å²) in [6.45, 7) is 3.81. The first-order valence-electron chi connectivity index (χ1n) is 5.28. The lowest BCUT2D eigenvalue weighted by molar-refractivity contribution is -0.385. The summed E-state index contributed by atoms with van der Waals surface area (Å²) in [7, 11) is 0. The van der Waals surface area contributed by atoms with E-state index in [1.54, 1.807) is 19.2 Å². The lowest BCUT2D eigenvalue weighted by Crippen LogP contribution is -2.05. The predicted molar refractivity (Wildman–Crippen MR) is 67.0 cm³/mol. The molecule has 4 nitrogen and oxygen atoms in total. The fourth-order valence-electron chi connectivity index (χ4n) is 1.51. The van der Waals surface area contributed by atoms with Crippen LogP contribution < -0.4 is 0 Å². The third-order valence-corrected chi connectivity index (χ3v) is 3.14. The average molecular weight is 287 g/mol. The van der Waals surface area contributed by atoms with E-state index >= 15 is 0 Å². The van der Waals surface area contributed by atoms with Gasteiger partial charge >= 0.3 is 0 Å². The molecule has 88 valence electrons. The zero-order valence-electron chi connectivity index (χ0n) is 9.44. The number of rotatable bonds is 5. The first kappa shape index (κ1) is 13.1. The van der Waals surface area contributed by atoms with E-state index in [1.165, 1.54) is 0 Å². The van der Waals surface area contributed by atoms with Gasteiger partial charge in [0.2, 0.25) is 0 Å². The van der Waals surface area contributed by atoms with E-state index in [0.29, 0.717) is 10.4 Å². The van der Waals surface area contributed by atoms with Crippen molar-refractivity contribution in [2.75, 3.05) is 0 Å². The second kappa shape index (κ2) is 5.94. The number of nitro groups is 1. The van der Waals surface area contributed by atoms with Crippen molar-refractivity contribution in [3.8, 4) is 0 Å². The molecule has 0 radical (unpaired) electrons. The van der Waals surface area contributed by atoms with Crippen molar-refractivity contribution in [1.82, 2.24) is 4.98 Å². The second-order valence-corrected chi connectivity index (χ2v) is 5.10. The number of hydrogen-bond acceptors (Lipinski definition) is 3. The third kappa shape index (κ3) is 3.56. The Morgan fingerprint density at radius 3 is 2.88 bits per heavy atom. The lowest BCUT2D eigenvalue weighted by Gasteiger charge is -2.07. The largest absolute Gasteiger partial charge is 0.275 e. The Balaban J connectivity index is 2.82. The molecule has 5 heteroatoms. The summed E-state index contributed by atoms with van der Waals surface area (Å²) < 4.78 is 0. The van der Waals surface area contributed by atoms with Crippen molar-refractivity contribution in [3.63, 3.8) is 0 Å². The molecule has 0 aliphatic rings. The van der Waals surface area contributed by atoms with Crippen molar-refractivity contribution in [1.29, 1.82) is 0 Å². The van der Waals surface area contributed by atoms with Crippen LogP contribution in [-0.2, 0) is 6.42 Å². The first-order valence-corrected chi connectivity index (χ1v) is 6.20. The summed E-state index contributed by atoms with van der Waals surface area (Å²) in [5.41, 5.74) is 1.53. The summed E-state index contributed by atoms with van der Waals surface area (Å²) in [6.07, 6.45) is 4.43. The maximum absolute atomic E-state index is 10.8. The molecule has 0 bridgehead atoms. The van der Waals surface area contributed by atoms with Gasteiger partial charge in [0.25, 0.3) is 5.69 Å². The molecule has 1 aromatic heterocycles. The molecule has 0 aliphatic heterocycles. The van der Waals surface area contributed by atoms with Crippen LogP contribution in [0.15, 0.2) is 12.3 Å². The van der Waals surface area contributed by atoms with Gasteiger partial charge in [-0.1, -0.05) is 29.3 Å². The van der Waals surface area contributed by atoms with Crippen molar-refractivity contribution >= 4 is 21.6 Å². The first-order chi connectivity index (χ1) is 7.54. The molecule has 0 saturated heterocycles. The minimum atomic E-state index is -0.358. The standard InChI is InChI=1S/C11H15BrN2O2/c1-3-4-9(12)5-10-6-11(14(15)16)8(2)7-13-10/h6-7,9H,3-5H2,1-2H3. The number of halogens is 1. The highest BCUT2D eigenvalue weighted by Crippen LogP contribution is 2.20. The van der Waals surface area contributed by atoms with Crippen LogP contribution in [0.2, 0.25) is 0 Å². The van der Waals surface area contributed by atoms with Gasteiger partial charge in [-0.2, -0.15) is 0 Å². The molecule has 1 atom stereocenters. The number of aromatic nitrogens is 1. The van der Waals surface area contributed by atoms with Crippen LogP contribution in [0.5, 0.6) is 0 Å². The van der Waals surface area contributed by atoms with Gasteiger partial charge in [0.15, 0.2) is 0 Å². The molecule has 0 fully saturated rings. The van der Waals surface area contributed by atoms with Crippen LogP contribution in [0.25, 0.3) is 0 Å². The smallest absolute Gasteiger partial charge is 0.260 e. The third-order valence-electron chi connectivity index (χ3n) is 2.36. The fraction of sp³-hybridized carbons (Fsp3) is 0.545. The molecular formula is C11H15BrN2O2. The van der Waals surface area contributed by atoms with Crippen LogP contribution >= 0.6 is 15.9 Å². The predicted octanol–water partition coefficient (Wildman–Crippen LogP) is 3.40. The zero-order chi connectivity index (χ0) is 12.1. The van der Waals surface area contributed by atoms with E-state index in [2.05, 4.69) is 27.8 Å². The monoisotopic (exact) mass is 286 g/mol. The molecule has 0 N–H and O–H groups in total. The Labute approximate surface area is 103 Å². The van der Waals surface area contributed by atoms with Crippen LogP contribution in [0.1, 0.15) is 31.0 Å². The topological polar surface area (TPSA) is 56.0 Å². The lowest BCUT2D eigenvalue weighted by atomic mass is 10.1. The summed E-state index contributed by atoms with van der Waals surface area (Å²) in [5, 5.41) is 10.8. The summed E-state index contributed by atoms with van der Waals surface area (Å²) in [5.74, 6) is 0. The van der Waals surface area contributed by atoms with Crippen LogP contribution in [-0.4, -0.2) is 14.7 Å². The quantitative estimate of drug-likeness (QED) is 0.474. The molecule has 0 aromatic carbocycles. The summed E-state index contributed by atoms with van der Waals surface area (Å²) in [6, 6.07) is 1.57. The normalized spacial score (nSPS) is 12.4. The van der Waals surface area contributed by atoms with E-state index in [4.69, 9.17) is 0 Å². The average Bonchev–Trinajstić information content (AvgIpc) is 2.21. The Kier molecular flexibility index (Phi) is 4.86. The maximum atomic E-state index is 10.8. The van der Waals surface area contributed by atoms with Crippen LogP contribution in [0, 0.1) is 17.0 Å². The van der Waals surface area contributed by atoms with Crippen molar-refractivity contribution in [2.24, 2.45) is 0 Å². The highest BCUT2D eigenvalue weighted by Gasteiger charge is 2.13. The molecule has 1 heterocycles. The molecule has 1 unspecified atom stereocenters. The highest BCUT2D eigenvalue weighted by atomic mass is 79.9. The minimum Gasteiger partial charge on any atom is -0.260 e. The van der Waals surface area contributed by atoms with Gasteiger partial charge < -0.3 is 0 Å². The Morgan fingerprint density at radius 2 is 2.31 bits per heavy atom. The van der Waals surface area contributed by atoms with Crippen molar-refractivity contribution in [3.05, 3.63) is 33.6 Å². The van der Waals surface area contributed by atoms with Gasteiger partial charge in [0, 0.05) is 34.8 Å². The van der Waals surface area contributed by atoms with Gasteiger partial charge in [-0.05, 0) is 13.3 Å². The highest BCUT2D eigenvalue weighted by molar-refractivity contribution is 9.09. The van der Waals surface area contributed by atoms with Crippen LogP contribution in [0.3, 0.4) is 0 Å². The molecule has 1 aromatic rings. The van der Waals surface area contributed by atoms with E-state index in [1.807, 2.05) is 0 Å². The number of hydrogen-bond donors (Lipinski definition) is 0. The second-order valence-electron chi connectivity index (χ2n) is 3.81. The molecule has 1 rings (SSSR count). The molecular weight excluding hydrogens is 272 g/mol. The SMILES string of the molecule is CCCC(Br)Cc1cc([N+](=O)[O-])c(C)cn1. The fourth-order valence-corrected chi connectivity index (χ4v) is 2.29. The van der Waals surface area contributed by atoms with E-state index < -0.39 is 0 Å². The Hall–Kier alpha value is -0.970. The number of aryl methyl sites for hydroxylation is 1. The summed E-state index contributed by atoms with van der Waals surface area (Å²) in [4.78, 5) is 14.9. The van der Waals surface area contributed by atoms with Gasteiger partial charge in [0.1, 0.15) is 0 Å². The van der Waals surface area contributed by atoms with Gasteiger partial charge in [0.05, 0.1) is 4.92 Å². The van der Waals surface area contributed by atoms with E-state index in [9.17, 15) is 10.1 Å². The Morgan fingerprint density at radius 1 is 1.62 bits per heavy atom. The van der Waals surface area contributed by atoms with Crippen LogP contribution in [0.4, 0.5) is 5.69 Å². The van der Waals surface area contributed by atoms with E-state index in [-0.39, 0.29) is 10.6 Å². The number of alkyl halides is 1. The zero-order valence-corrected chi connectivity index (χ0v) is 11.0. The van der Waals surface area contributed by atoms with Crippen molar-refractivity contribution in [2.45, 2.75) is 37.9 Å². The molecule has 0 aliphatic carbocycles. The molecule has 0 amide bonds. The number of pyridine rings is 1. The van der Waals surface area contributed by atoms with Gasteiger partial charge in [-0.3, -0.25) is 15.1 Å². The van der Waals surface area contributed by atoms with Crippen molar-refractivity contribution < 1.29 is 4.92 Å². The number of nitrogens with zero attached hydrogens (tertiary/aromatic N) is 2. The maximum Gasteiger partial charge on any atom is 0.275 e. The van der Waals surface area contributed by atoms with Gasteiger partial charge in [-0.25, -0.2) is 0 Å². The Bertz CT molecular complexity index is 382. The minimum absolute atomic E-state index is 0.154. The van der Waals surface area contributed by atoms with Gasteiger partial charge in [-0.15, -0.1) is 0 Å². The molecule has 0 spiro atoms. The van der Waals surface area contributed by atoms with E-state index in [0.717, 1.165) is 25.0 Å².